The Labute approximate surface area is 124 Å². The molecule has 21 heavy (non-hydrogen) atoms. The summed E-state index contributed by atoms with van der Waals surface area (Å²) in [4.78, 5) is 25.4. The summed E-state index contributed by atoms with van der Waals surface area (Å²) in [6, 6.07) is 0. The second-order valence-electron chi connectivity index (χ2n) is 6.54. The lowest BCUT2D eigenvalue weighted by atomic mass is 9.92. The van der Waals surface area contributed by atoms with Gasteiger partial charge in [0.15, 0.2) is 9.84 Å². The molecule has 2 heterocycles. The Morgan fingerprint density at radius 2 is 1.76 bits per heavy atom. The van der Waals surface area contributed by atoms with Crippen LogP contribution in [0, 0.1) is 17.8 Å². The molecular formula is C14H21NO5S. The quantitative estimate of drug-likeness (QED) is 0.820. The zero-order valence-corrected chi connectivity index (χ0v) is 12.7. The Morgan fingerprint density at radius 1 is 1.05 bits per heavy atom. The van der Waals surface area contributed by atoms with E-state index < -0.39 is 27.0 Å². The van der Waals surface area contributed by atoms with Crippen LogP contribution in [0.5, 0.6) is 0 Å². The zero-order valence-electron chi connectivity index (χ0n) is 11.9. The normalized spacial score (nSPS) is 35.6. The largest absolute Gasteiger partial charge is 0.481 e. The third-order valence-electron chi connectivity index (χ3n) is 5.08. The van der Waals surface area contributed by atoms with Gasteiger partial charge < -0.3 is 10.0 Å². The molecule has 1 saturated carbocycles. The lowest BCUT2D eigenvalue weighted by Crippen LogP contribution is -2.44. The molecule has 118 valence electrons. The van der Waals surface area contributed by atoms with E-state index in [0.717, 1.165) is 19.3 Å². The van der Waals surface area contributed by atoms with Crippen molar-refractivity contribution in [3.63, 3.8) is 0 Å². The van der Waals surface area contributed by atoms with Gasteiger partial charge in [0.05, 0.1) is 11.7 Å². The van der Waals surface area contributed by atoms with E-state index in [1.54, 1.807) is 0 Å². The van der Waals surface area contributed by atoms with Gasteiger partial charge in [0.2, 0.25) is 5.91 Å². The molecule has 0 bridgehead atoms. The molecule has 1 unspecified atom stereocenters. The Hall–Kier alpha value is -1.11. The summed E-state index contributed by atoms with van der Waals surface area (Å²) in [5, 5.41) is 8.37. The van der Waals surface area contributed by atoms with Gasteiger partial charge in [-0.15, -0.1) is 0 Å². The number of likely N-dealkylation sites (tertiary alicyclic amines) is 1. The topological polar surface area (TPSA) is 91.8 Å². The fraction of sp³-hybridized carbons (Fsp3) is 0.857. The summed E-state index contributed by atoms with van der Waals surface area (Å²) in [7, 11) is -3.36. The number of carbonyl (C=O) groups excluding carboxylic acids is 1. The number of carbonyl (C=O) groups is 2. The van der Waals surface area contributed by atoms with Crippen molar-refractivity contribution >= 4 is 21.7 Å². The number of hydrogen-bond donors (Lipinski definition) is 1. The van der Waals surface area contributed by atoms with E-state index in [0.29, 0.717) is 25.3 Å². The van der Waals surface area contributed by atoms with Gasteiger partial charge in [-0.3, -0.25) is 9.59 Å². The number of aliphatic carboxylic acids is 1. The van der Waals surface area contributed by atoms with Crippen molar-refractivity contribution in [3.05, 3.63) is 0 Å². The fourth-order valence-electron chi connectivity index (χ4n) is 3.71. The molecule has 1 amide bonds. The zero-order chi connectivity index (χ0) is 15.2. The van der Waals surface area contributed by atoms with Crippen molar-refractivity contribution in [2.75, 3.05) is 18.8 Å². The minimum Gasteiger partial charge on any atom is -0.481 e. The molecule has 2 aliphatic heterocycles. The third kappa shape index (κ3) is 2.80. The molecule has 2 saturated heterocycles. The van der Waals surface area contributed by atoms with Crippen LogP contribution in [0.4, 0.5) is 0 Å². The monoisotopic (exact) mass is 315 g/mol. The molecule has 0 aromatic rings. The minimum absolute atomic E-state index is 0.00209. The first-order chi connectivity index (χ1) is 9.90. The number of rotatable bonds is 3. The van der Waals surface area contributed by atoms with E-state index in [2.05, 4.69) is 0 Å². The molecule has 3 fully saturated rings. The smallest absolute Gasteiger partial charge is 0.308 e. The van der Waals surface area contributed by atoms with Gasteiger partial charge in [0.1, 0.15) is 5.25 Å². The molecule has 0 radical (unpaired) electrons. The standard InChI is InChI=1S/C14H21NO5S/c16-13(12-3-1-2-6-21(12,19)20)15-7-10(9-4-5-9)11(8-15)14(17)18/h9-12H,1-8H2,(H,17,18)/t10-,11+,12?/m1/s1. The van der Waals surface area contributed by atoms with Crippen molar-refractivity contribution < 1.29 is 23.1 Å². The molecule has 6 nitrogen and oxygen atoms in total. The van der Waals surface area contributed by atoms with E-state index >= 15 is 0 Å². The number of amides is 1. The highest BCUT2D eigenvalue weighted by Gasteiger charge is 2.49. The summed E-state index contributed by atoms with van der Waals surface area (Å²) < 4.78 is 24.1. The van der Waals surface area contributed by atoms with Gasteiger partial charge in [0, 0.05) is 13.1 Å². The first kappa shape index (κ1) is 14.8. The van der Waals surface area contributed by atoms with Crippen molar-refractivity contribution in [1.82, 2.24) is 4.90 Å². The highest BCUT2D eigenvalue weighted by molar-refractivity contribution is 7.92. The summed E-state index contributed by atoms with van der Waals surface area (Å²) in [5.74, 6) is -1.30. The average molecular weight is 315 g/mol. The van der Waals surface area contributed by atoms with Gasteiger partial charge in [-0.1, -0.05) is 6.42 Å². The SMILES string of the molecule is O=C(O)[C@H]1CN(C(=O)C2CCCCS2(=O)=O)C[C@@H]1C1CC1. The second-order valence-corrected chi connectivity index (χ2v) is 8.84. The third-order valence-corrected chi connectivity index (χ3v) is 7.24. The lowest BCUT2D eigenvalue weighted by molar-refractivity contribution is -0.142. The molecule has 0 aromatic heterocycles. The number of nitrogens with zero attached hydrogens (tertiary/aromatic N) is 1. The van der Waals surface area contributed by atoms with Crippen molar-refractivity contribution in [2.24, 2.45) is 17.8 Å². The predicted octanol–water partition coefficient (Wildman–Crippen LogP) is 0.523. The predicted molar refractivity (Wildman–Crippen MR) is 75.3 cm³/mol. The van der Waals surface area contributed by atoms with Crippen LogP contribution in [-0.4, -0.2) is 54.4 Å². The van der Waals surface area contributed by atoms with Crippen LogP contribution in [0.3, 0.4) is 0 Å². The van der Waals surface area contributed by atoms with E-state index in [9.17, 15) is 23.1 Å². The maximum Gasteiger partial charge on any atom is 0.308 e. The van der Waals surface area contributed by atoms with Crippen molar-refractivity contribution in [3.8, 4) is 0 Å². The maximum absolute atomic E-state index is 12.5. The van der Waals surface area contributed by atoms with Crippen LogP contribution in [-0.2, 0) is 19.4 Å². The van der Waals surface area contributed by atoms with Gasteiger partial charge in [-0.05, 0) is 37.5 Å². The van der Waals surface area contributed by atoms with E-state index in [4.69, 9.17) is 0 Å². The van der Waals surface area contributed by atoms with Crippen LogP contribution >= 0.6 is 0 Å². The van der Waals surface area contributed by atoms with Crippen molar-refractivity contribution in [1.29, 1.82) is 0 Å². The van der Waals surface area contributed by atoms with Crippen molar-refractivity contribution in [2.45, 2.75) is 37.4 Å². The highest BCUT2D eigenvalue weighted by atomic mass is 32.2. The molecule has 3 atom stereocenters. The second kappa shape index (κ2) is 5.26. The van der Waals surface area contributed by atoms with Crippen LogP contribution in [0.1, 0.15) is 32.1 Å². The van der Waals surface area contributed by atoms with Crippen LogP contribution in [0.2, 0.25) is 0 Å². The maximum atomic E-state index is 12.5. The summed E-state index contributed by atoms with van der Waals surface area (Å²) in [5.41, 5.74) is 0. The molecular weight excluding hydrogens is 294 g/mol. The first-order valence-electron chi connectivity index (χ1n) is 7.63. The van der Waals surface area contributed by atoms with Gasteiger partial charge in [-0.2, -0.15) is 0 Å². The van der Waals surface area contributed by atoms with Crippen LogP contribution in [0.25, 0.3) is 0 Å². The summed E-state index contributed by atoms with van der Waals surface area (Å²) in [6.45, 7) is 0.577. The van der Waals surface area contributed by atoms with Crippen LogP contribution in [0.15, 0.2) is 0 Å². The molecule has 3 rings (SSSR count). The molecule has 1 aliphatic carbocycles. The Bertz CT molecular complexity index is 554. The Kier molecular flexibility index (Phi) is 3.71. The number of carboxylic acid groups (broad SMARTS) is 1. The molecule has 0 spiro atoms. The Morgan fingerprint density at radius 3 is 2.33 bits per heavy atom. The van der Waals surface area contributed by atoms with Crippen LogP contribution < -0.4 is 0 Å². The van der Waals surface area contributed by atoms with Gasteiger partial charge in [-0.25, -0.2) is 8.42 Å². The van der Waals surface area contributed by atoms with E-state index in [-0.39, 0.29) is 24.1 Å². The number of carboxylic acids is 1. The van der Waals surface area contributed by atoms with E-state index in [1.165, 1.54) is 4.90 Å². The lowest BCUT2D eigenvalue weighted by Gasteiger charge is -2.26. The van der Waals surface area contributed by atoms with Gasteiger partial charge in [0.25, 0.3) is 0 Å². The first-order valence-corrected chi connectivity index (χ1v) is 9.35. The summed E-state index contributed by atoms with van der Waals surface area (Å²) in [6.07, 6.45) is 3.80. The molecule has 7 heteroatoms. The minimum atomic E-state index is -3.36. The van der Waals surface area contributed by atoms with Gasteiger partial charge >= 0.3 is 5.97 Å². The molecule has 0 aromatic carbocycles. The Balaban J connectivity index is 1.75. The fourth-order valence-corrected chi connectivity index (χ4v) is 5.58. The number of sulfone groups is 1. The number of hydrogen-bond acceptors (Lipinski definition) is 4. The molecule has 1 N–H and O–H groups in total. The van der Waals surface area contributed by atoms with E-state index in [1.807, 2.05) is 0 Å². The average Bonchev–Trinajstić information content (AvgIpc) is 3.16. The highest BCUT2D eigenvalue weighted by Crippen LogP contribution is 2.44. The summed E-state index contributed by atoms with van der Waals surface area (Å²) >= 11 is 0. The molecule has 3 aliphatic rings.